The monoisotopic (exact) mass is 453 g/mol. The molecule has 0 N–H and O–H groups in total. The van der Waals surface area contributed by atoms with Gasteiger partial charge in [0.1, 0.15) is 17.9 Å². The van der Waals surface area contributed by atoms with Crippen molar-refractivity contribution in [3.8, 4) is 17.3 Å². The number of aromatic nitrogens is 3. The van der Waals surface area contributed by atoms with Crippen LogP contribution in [0.1, 0.15) is 38.6 Å². The van der Waals surface area contributed by atoms with Crippen molar-refractivity contribution in [1.82, 2.24) is 19.3 Å². The summed E-state index contributed by atoms with van der Waals surface area (Å²) in [6.07, 6.45) is 8.77. The first-order chi connectivity index (χ1) is 15.2. The molecule has 0 aliphatic carbocycles. The molecule has 166 valence electrons. The highest BCUT2D eigenvalue weighted by molar-refractivity contribution is 7.84. The van der Waals surface area contributed by atoms with Crippen LogP contribution in [-0.4, -0.2) is 54.5 Å². The van der Waals surface area contributed by atoms with E-state index in [4.69, 9.17) is 14.4 Å². The second-order valence-corrected chi connectivity index (χ2v) is 9.75. The number of hydrogen-bond donors (Lipinski definition) is 0. The number of fused-ring (bicyclic) bond motifs is 1. The first-order valence-electron chi connectivity index (χ1n) is 10.0. The van der Waals surface area contributed by atoms with Crippen LogP contribution in [0.3, 0.4) is 0 Å². The lowest BCUT2D eigenvalue weighted by atomic mass is 10.1. The van der Waals surface area contributed by atoms with Crippen molar-refractivity contribution in [1.29, 1.82) is 5.26 Å². The Morgan fingerprint density at radius 1 is 1.38 bits per heavy atom. The van der Waals surface area contributed by atoms with E-state index in [0.29, 0.717) is 47.1 Å². The van der Waals surface area contributed by atoms with Crippen molar-refractivity contribution in [2.75, 3.05) is 19.3 Å². The van der Waals surface area contributed by atoms with E-state index in [1.165, 1.54) is 6.26 Å². The van der Waals surface area contributed by atoms with Crippen LogP contribution in [0.25, 0.3) is 22.5 Å². The number of nitrogens with zero attached hydrogens (tertiary/aromatic N) is 5. The maximum absolute atomic E-state index is 12.6. The first-order valence-corrected chi connectivity index (χ1v) is 11.6. The number of furan rings is 1. The standard InChI is InChI=1S/C22H23N5O4S/c1-22(2,3)31-21(28)26-7-5-6-14(11-26)17-12-27-18(15-8-16(9-23)30-13-15)10-24-19(27)20(25-17)32(4)29/h6,8,10,12-13H,5,7,11H2,1-4H3. The van der Waals surface area contributed by atoms with Crippen LogP contribution in [0.5, 0.6) is 0 Å². The molecule has 0 spiro atoms. The molecular weight excluding hydrogens is 430 g/mol. The summed E-state index contributed by atoms with van der Waals surface area (Å²) in [5, 5.41) is 9.41. The van der Waals surface area contributed by atoms with E-state index in [9.17, 15) is 9.00 Å². The largest absolute Gasteiger partial charge is 0.453 e. The lowest BCUT2D eigenvalue weighted by molar-refractivity contribution is 0.0273. The molecule has 1 amide bonds. The molecule has 1 atom stereocenters. The number of ether oxygens (including phenoxy) is 1. The van der Waals surface area contributed by atoms with Gasteiger partial charge in [-0.15, -0.1) is 0 Å². The number of rotatable bonds is 3. The number of carbonyl (C=O) groups excluding carboxylic acids is 1. The van der Waals surface area contributed by atoms with Crippen LogP contribution in [0.4, 0.5) is 4.79 Å². The highest BCUT2D eigenvalue weighted by atomic mass is 32.2. The number of carbonyl (C=O) groups is 1. The molecule has 4 heterocycles. The number of nitriles is 1. The van der Waals surface area contributed by atoms with Gasteiger partial charge in [0.25, 0.3) is 0 Å². The summed E-state index contributed by atoms with van der Waals surface area (Å²) in [5.74, 6) is 0.187. The van der Waals surface area contributed by atoms with Crippen LogP contribution in [0.15, 0.2) is 40.2 Å². The fourth-order valence-electron chi connectivity index (χ4n) is 3.46. The predicted octanol–water partition coefficient (Wildman–Crippen LogP) is 3.62. The van der Waals surface area contributed by atoms with E-state index in [2.05, 4.69) is 9.97 Å². The molecule has 0 radical (unpaired) electrons. The summed E-state index contributed by atoms with van der Waals surface area (Å²) in [6.45, 7) is 6.38. The summed E-state index contributed by atoms with van der Waals surface area (Å²) in [5.41, 5.74) is 2.66. The minimum atomic E-state index is -1.39. The second kappa shape index (κ2) is 8.24. The van der Waals surface area contributed by atoms with E-state index in [1.807, 2.05) is 32.9 Å². The highest BCUT2D eigenvalue weighted by Crippen LogP contribution is 2.28. The Morgan fingerprint density at radius 3 is 2.81 bits per heavy atom. The summed E-state index contributed by atoms with van der Waals surface area (Å²) in [4.78, 5) is 23.2. The second-order valence-electron chi connectivity index (χ2n) is 8.45. The lowest BCUT2D eigenvalue weighted by Gasteiger charge is -2.30. The maximum Gasteiger partial charge on any atom is 0.410 e. The molecule has 0 fully saturated rings. The van der Waals surface area contributed by atoms with Gasteiger partial charge >= 0.3 is 6.09 Å². The summed E-state index contributed by atoms with van der Waals surface area (Å²) >= 11 is 0. The quantitative estimate of drug-likeness (QED) is 0.595. The smallest absolute Gasteiger partial charge is 0.410 e. The van der Waals surface area contributed by atoms with Crippen molar-refractivity contribution in [3.05, 3.63) is 42.3 Å². The van der Waals surface area contributed by atoms with Gasteiger partial charge < -0.3 is 14.1 Å². The molecule has 3 aromatic rings. The Morgan fingerprint density at radius 2 is 2.16 bits per heavy atom. The summed E-state index contributed by atoms with van der Waals surface area (Å²) in [7, 11) is -1.39. The van der Waals surface area contributed by atoms with Crippen molar-refractivity contribution in [2.24, 2.45) is 0 Å². The SMILES string of the molecule is CS(=O)c1nc(C2=CCCN(C(=O)OC(C)(C)C)C2)cn2c(-c3coc(C#N)c3)cnc12. The molecular formula is C22H23N5O4S. The molecule has 1 aliphatic heterocycles. The molecule has 0 saturated carbocycles. The topological polar surface area (TPSA) is 114 Å². The molecule has 0 saturated heterocycles. The third-order valence-corrected chi connectivity index (χ3v) is 5.69. The Labute approximate surface area is 187 Å². The van der Waals surface area contributed by atoms with Gasteiger partial charge in [-0.05, 0) is 32.8 Å². The van der Waals surface area contributed by atoms with Gasteiger partial charge in [0.05, 0.1) is 34.9 Å². The minimum Gasteiger partial charge on any atom is -0.453 e. The van der Waals surface area contributed by atoms with E-state index < -0.39 is 16.4 Å². The van der Waals surface area contributed by atoms with E-state index in [0.717, 1.165) is 5.57 Å². The fourth-order valence-corrected chi connectivity index (χ4v) is 4.10. The average Bonchev–Trinajstić information content (AvgIpc) is 3.38. The number of imidazole rings is 1. The van der Waals surface area contributed by atoms with Gasteiger partial charge in [-0.3, -0.25) is 8.61 Å². The number of hydrogen-bond acceptors (Lipinski definition) is 7. The average molecular weight is 454 g/mol. The first kappa shape index (κ1) is 21.8. The van der Waals surface area contributed by atoms with E-state index >= 15 is 0 Å². The van der Waals surface area contributed by atoms with Crippen LogP contribution < -0.4 is 0 Å². The zero-order valence-corrected chi connectivity index (χ0v) is 19.1. The van der Waals surface area contributed by atoms with Crippen LogP contribution >= 0.6 is 0 Å². The maximum atomic E-state index is 12.6. The molecule has 0 bridgehead atoms. The minimum absolute atomic E-state index is 0.187. The molecule has 32 heavy (non-hydrogen) atoms. The third kappa shape index (κ3) is 4.29. The highest BCUT2D eigenvalue weighted by Gasteiger charge is 2.26. The van der Waals surface area contributed by atoms with Crippen LogP contribution in [-0.2, 0) is 15.5 Å². The lowest BCUT2D eigenvalue weighted by Crippen LogP contribution is -2.39. The van der Waals surface area contributed by atoms with Crippen molar-refractivity contribution < 1.29 is 18.2 Å². The van der Waals surface area contributed by atoms with Crippen LogP contribution in [0, 0.1) is 11.3 Å². The Kier molecular flexibility index (Phi) is 5.60. The fraction of sp³-hybridized carbons (Fsp3) is 0.364. The van der Waals surface area contributed by atoms with Gasteiger partial charge in [0, 0.05) is 30.6 Å². The summed E-state index contributed by atoms with van der Waals surface area (Å²) in [6, 6.07) is 3.59. The van der Waals surface area contributed by atoms with Gasteiger partial charge in [-0.1, -0.05) is 6.08 Å². The Bertz CT molecular complexity index is 1290. The van der Waals surface area contributed by atoms with Crippen LogP contribution in [0.2, 0.25) is 0 Å². The third-order valence-electron chi connectivity index (χ3n) is 4.87. The molecule has 1 aliphatic rings. The van der Waals surface area contributed by atoms with E-state index in [-0.39, 0.29) is 11.9 Å². The van der Waals surface area contributed by atoms with Crippen molar-refractivity contribution in [3.63, 3.8) is 0 Å². The Balaban J connectivity index is 1.75. The molecule has 1 unspecified atom stereocenters. The predicted molar refractivity (Wildman–Crippen MR) is 118 cm³/mol. The Hall–Kier alpha value is -3.45. The molecule has 10 heteroatoms. The van der Waals surface area contributed by atoms with Gasteiger partial charge in [-0.25, -0.2) is 14.8 Å². The van der Waals surface area contributed by atoms with E-state index in [1.54, 1.807) is 34.0 Å². The van der Waals surface area contributed by atoms with Gasteiger partial charge in [0.15, 0.2) is 10.7 Å². The van der Waals surface area contributed by atoms with Crippen molar-refractivity contribution >= 4 is 28.1 Å². The van der Waals surface area contributed by atoms with Gasteiger partial charge in [0.2, 0.25) is 5.76 Å². The van der Waals surface area contributed by atoms with Crippen molar-refractivity contribution in [2.45, 2.75) is 37.8 Å². The zero-order valence-electron chi connectivity index (χ0n) is 18.3. The molecule has 0 aromatic carbocycles. The normalized spacial score (nSPS) is 15.3. The summed E-state index contributed by atoms with van der Waals surface area (Å²) < 4.78 is 25.0. The molecule has 9 nitrogen and oxygen atoms in total. The molecule has 3 aromatic heterocycles. The number of amides is 1. The van der Waals surface area contributed by atoms with Gasteiger partial charge in [-0.2, -0.15) is 5.26 Å². The molecule has 4 rings (SSSR count). The zero-order chi connectivity index (χ0) is 23.0.